The van der Waals surface area contributed by atoms with Crippen LogP contribution in [0.4, 0.5) is 0 Å². The van der Waals surface area contributed by atoms with Gasteiger partial charge in [0.05, 0.1) is 0 Å². The maximum Gasteiger partial charge on any atom is 0.289 e. The van der Waals surface area contributed by atoms with Crippen LogP contribution in [-0.4, -0.2) is 62.4 Å². The van der Waals surface area contributed by atoms with Gasteiger partial charge in [0, 0.05) is 39.7 Å². The molecule has 2 rings (SSSR count). The van der Waals surface area contributed by atoms with Crippen LogP contribution in [0.3, 0.4) is 0 Å². The number of carbonyl (C=O) groups excluding carboxylic acids is 1. The van der Waals surface area contributed by atoms with Crippen molar-refractivity contribution in [2.24, 2.45) is 5.92 Å². The van der Waals surface area contributed by atoms with Crippen LogP contribution in [0.1, 0.15) is 17.0 Å². The fourth-order valence-electron chi connectivity index (χ4n) is 2.08. The second kappa shape index (κ2) is 5.55. The van der Waals surface area contributed by atoms with E-state index >= 15 is 0 Å². The Hall–Kier alpha value is -1.38. The average Bonchev–Trinajstić information content (AvgIpc) is 3.07. The Bertz CT molecular complexity index is 593. The predicted molar refractivity (Wildman–Crippen MR) is 70.7 cm³/mol. The first kappa shape index (κ1) is 15.0. The zero-order valence-electron chi connectivity index (χ0n) is 11.4. The van der Waals surface area contributed by atoms with Crippen LogP contribution >= 0.6 is 0 Å². The normalized spacial score (nSPS) is 19.8. The minimum Gasteiger partial charge on any atom is -0.438 e. The molecule has 0 saturated carbocycles. The van der Waals surface area contributed by atoms with Gasteiger partial charge in [-0.05, 0) is 18.6 Å². The van der Waals surface area contributed by atoms with E-state index in [1.165, 1.54) is 26.2 Å². The third kappa shape index (κ3) is 2.72. The molecule has 1 N–H and O–H groups in total. The van der Waals surface area contributed by atoms with Gasteiger partial charge in [0.1, 0.15) is 0 Å². The molecular weight excluding hydrogens is 284 g/mol. The fraction of sp³-hybridized carbons (Fsp3) is 0.583. The van der Waals surface area contributed by atoms with E-state index in [9.17, 15) is 13.2 Å². The van der Waals surface area contributed by atoms with Crippen LogP contribution in [0, 0.1) is 5.92 Å². The highest BCUT2D eigenvalue weighted by Gasteiger charge is 2.30. The summed E-state index contributed by atoms with van der Waals surface area (Å²) >= 11 is 0. The number of amides is 1. The molecule has 1 aromatic heterocycles. The largest absolute Gasteiger partial charge is 0.438 e. The zero-order valence-corrected chi connectivity index (χ0v) is 12.3. The predicted octanol–water partition coefficient (Wildman–Crippen LogP) is -0.0157. The minimum absolute atomic E-state index is 0.00372. The first-order chi connectivity index (χ1) is 9.36. The van der Waals surface area contributed by atoms with Gasteiger partial charge in [-0.1, -0.05) is 0 Å². The summed E-state index contributed by atoms with van der Waals surface area (Å²) in [4.78, 5) is 13.7. The summed E-state index contributed by atoms with van der Waals surface area (Å²) < 4.78 is 29.9. The molecule has 0 spiro atoms. The molecule has 0 aromatic carbocycles. The average molecular weight is 302 g/mol. The van der Waals surface area contributed by atoms with E-state index in [1.54, 1.807) is 4.90 Å². The fourth-order valence-corrected chi connectivity index (χ4v) is 2.87. The molecule has 0 radical (unpaired) electrons. The number of hydrogen-bond acceptors (Lipinski definition) is 5. The lowest BCUT2D eigenvalue weighted by molar-refractivity contribution is 0.0744. The van der Waals surface area contributed by atoms with Crippen molar-refractivity contribution < 1.29 is 22.7 Å². The Morgan fingerprint density at radius 3 is 2.75 bits per heavy atom. The molecule has 1 aliphatic rings. The van der Waals surface area contributed by atoms with E-state index in [4.69, 9.17) is 9.52 Å². The van der Waals surface area contributed by atoms with Gasteiger partial charge < -0.3 is 14.4 Å². The van der Waals surface area contributed by atoms with Crippen molar-refractivity contribution in [3.8, 4) is 0 Å². The van der Waals surface area contributed by atoms with E-state index in [2.05, 4.69) is 0 Å². The molecular formula is C12H18N2O5S. The number of aliphatic hydroxyl groups is 1. The molecule has 1 amide bonds. The smallest absolute Gasteiger partial charge is 0.289 e. The van der Waals surface area contributed by atoms with Crippen molar-refractivity contribution in [1.82, 2.24) is 9.21 Å². The van der Waals surface area contributed by atoms with Crippen LogP contribution in [0.25, 0.3) is 0 Å². The molecule has 1 unspecified atom stereocenters. The highest BCUT2D eigenvalue weighted by molar-refractivity contribution is 7.88. The highest BCUT2D eigenvalue weighted by atomic mass is 32.2. The van der Waals surface area contributed by atoms with Crippen LogP contribution in [0.2, 0.25) is 0 Å². The van der Waals surface area contributed by atoms with E-state index in [1.807, 2.05) is 0 Å². The topological polar surface area (TPSA) is 91.1 Å². The van der Waals surface area contributed by atoms with Gasteiger partial charge in [-0.3, -0.25) is 4.79 Å². The van der Waals surface area contributed by atoms with Crippen LogP contribution in [-0.2, 0) is 10.0 Å². The molecule has 1 fully saturated rings. The van der Waals surface area contributed by atoms with Gasteiger partial charge >= 0.3 is 0 Å². The zero-order chi connectivity index (χ0) is 14.9. The number of rotatable bonds is 4. The summed E-state index contributed by atoms with van der Waals surface area (Å²) in [5.74, 6) is -0.260. The van der Waals surface area contributed by atoms with Crippen molar-refractivity contribution >= 4 is 15.9 Å². The molecule has 1 aromatic rings. The van der Waals surface area contributed by atoms with Gasteiger partial charge in [-0.2, -0.15) is 0 Å². The second-order valence-corrected chi connectivity index (χ2v) is 7.08. The van der Waals surface area contributed by atoms with Crippen molar-refractivity contribution in [3.05, 3.63) is 17.9 Å². The first-order valence-electron chi connectivity index (χ1n) is 6.28. The summed E-state index contributed by atoms with van der Waals surface area (Å²) in [7, 11) is -0.884. The van der Waals surface area contributed by atoms with E-state index in [0.29, 0.717) is 13.1 Å². The maximum atomic E-state index is 12.2. The molecule has 112 valence electrons. The lowest BCUT2D eigenvalue weighted by Crippen LogP contribution is -2.28. The van der Waals surface area contributed by atoms with Gasteiger partial charge in [0.2, 0.25) is 5.09 Å². The highest BCUT2D eigenvalue weighted by Crippen LogP contribution is 2.21. The second-order valence-electron chi connectivity index (χ2n) is 4.99. The van der Waals surface area contributed by atoms with Crippen molar-refractivity contribution in [1.29, 1.82) is 0 Å². The van der Waals surface area contributed by atoms with E-state index < -0.39 is 10.0 Å². The van der Waals surface area contributed by atoms with Gasteiger partial charge in [0.15, 0.2) is 5.76 Å². The summed E-state index contributed by atoms with van der Waals surface area (Å²) in [6.45, 7) is 1.05. The number of likely N-dealkylation sites (tertiary alicyclic amines) is 1. The third-order valence-corrected chi connectivity index (χ3v) is 5.05. The number of hydrogen-bond donors (Lipinski definition) is 1. The number of carbonyl (C=O) groups is 1. The van der Waals surface area contributed by atoms with Gasteiger partial charge in [0.25, 0.3) is 15.9 Å². The number of nitrogens with zero attached hydrogens (tertiary/aromatic N) is 2. The quantitative estimate of drug-likeness (QED) is 0.844. The Morgan fingerprint density at radius 2 is 2.20 bits per heavy atom. The first-order valence-corrected chi connectivity index (χ1v) is 7.72. The van der Waals surface area contributed by atoms with Crippen LogP contribution in [0.5, 0.6) is 0 Å². The summed E-state index contributed by atoms with van der Waals surface area (Å²) in [5.41, 5.74) is 0. The Morgan fingerprint density at radius 1 is 1.50 bits per heavy atom. The number of aliphatic hydroxyl groups excluding tert-OH is 1. The molecule has 2 heterocycles. The van der Waals surface area contributed by atoms with Gasteiger partial charge in [-0.15, -0.1) is 0 Å². The number of furan rings is 1. The van der Waals surface area contributed by atoms with Gasteiger partial charge in [-0.25, -0.2) is 12.7 Å². The number of sulfonamides is 1. The summed E-state index contributed by atoms with van der Waals surface area (Å²) in [6.07, 6.45) is 0.742. The molecule has 0 bridgehead atoms. The molecule has 1 atom stereocenters. The Labute approximate surface area is 117 Å². The SMILES string of the molecule is CN(C)S(=O)(=O)c1ccc(C(=O)N2CCC(CO)C2)o1. The molecule has 20 heavy (non-hydrogen) atoms. The minimum atomic E-state index is -3.67. The molecule has 1 aliphatic heterocycles. The van der Waals surface area contributed by atoms with E-state index in [-0.39, 0.29) is 29.3 Å². The maximum absolute atomic E-state index is 12.2. The summed E-state index contributed by atoms with van der Waals surface area (Å²) in [5, 5.41) is 8.82. The van der Waals surface area contributed by atoms with Crippen molar-refractivity contribution in [2.45, 2.75) is 11.5 Å². The summed E-state index contributed by atoms with van der Waals surface area (Å²) in [6, 6.07) is 2.65. The van der Waals surface area contributed by atoms with Crippen molar-refractivity contribution in [3.63, 3.8) is 0 Å². The molecule has 0 aliphatic carbocycles. The van der Waals surface area contributed by atoms with Crippen molar-refractivity contribution in [2.75, 3.05) is 33.8 Å². The van der Waals surface area contributed by atoms with Crippen LogP contribution < -0.4 is 0 Å². The Kier molecular flexibility index (Phi) is 4.17. The van der Waals surface area contributed by atoms with E-state index in [0.717, 1.165) is 10.7 Å². The Balaban J connectivity index is 2.16. The molecule has 1 saturated heterocycles. The van der Waals surface area contributed by atoms with Crippen LogP contribution in [0.15, 0.2) is 21.6 Å². The third-order valence-electron chi connectivity index (χ3n) is 3.36. The standard InChI is InChI=1S/C12H18N2O5S/c1-13(2)20(17,18)11-4-3-10(19-11)12(16)14-6-5-9(7-14)8-15/h3-4,9,15H,5-8H2,1-2H3. The molecule has 8 heteroatoms. The monoisotopic (exact) mass is 302 g/mol. The lowest BCUT2D eigenvalue weighted by Gasteiger charge is -2.14. The lowest BCUT2D eigenvalue weighted by atomic mass is 10.1. The molecule has 7 nitrogen and oxygen atoms in total.